The van der Waals surface area contributed by atoms with Gasteiger partial charge in [-0.3, -0.25) is 19.7 Å². The van der Waals surface area contributed by atoms with Crippen LogP contribution in [-0.2, 0) is 22.3 Å². The highest BCUT2D eigenvalue weighted by Gasteiger charge is 2.40. The molecule has 10 heteroatoms. The van der Waals surface area contributed by atoms with Gasteiger partial charge in [-0.1, -0.05) is 23.7 Å². The summed E-state index contributed by atoms with van der Waals surface area (Å²) in [6, 6.07) is 9.23. The Balaban J connectivity index is 1.79. The first-order valence-corrected chi connectivity index (χ1v) is 9.40. The molecular weight excluding hydrogens is 429 g/mol. The van der Waals surface area contributed by atoms with Crippen LogP contribution >= 0.6 is 23.4 Å². The Bertz CT molecular complexity index is 1110. The van der Waals surface area contributed by atoms with Gasteiger partial charge in [0.05, 0.1) is 28.3 Å². The van der Waals surface area contributed by atoms with Crippen LogP contribution in [0.4, 0.5) is 23.7 Å². The van der Waals surface area contributed by atoms with E-state index in [0.717, 1.165) is 12.1 Å². The van der Waals surface area contributed by atoms with E-state index >= 15 is 0 Å². The number of nitrogens with one attached hydrogen (secondary N) is 1. The zero-order valence-electron chi connectivity index (χ0n) is 14.3. The van der Waals surface area contributed by atoms with Gasteiger partial charge in [-0.2, -0.15) is 13.2 Å². The molecule has 0 atom stereocenters. The number of carbonyl (C=O) groups is 3. The van der Waals surface area contributed by atoms with Gasteiger partial charge in [0.1, 0.15) is 0 Å². The van der Waals surface area contributed by atoms with Gasteiger partial charge >= 0.3 is 6.18 Å². The average molecular weight is 439 g/mol. The summed E-state index contributed by atoms with van der Waals surface area (Å²) in [5.41, 5.74) is 0.185. The monoisotopic (exact) mass is 438 g/mol. The maximum Gasteiger partial charge on any atom is 0.416 e. The van der Waals surface area contributed by atoms with Gasteiger partial charge in [-0.15, -0.1) is 0 Å². The summed E-state index contributed by atoms with van der Waals surface area (Å²) < 4.78 is 39.0. The summed E-state index contributed by atoms with van der Waals surface area (Å²) in [6.45, 7) is -0.144. The molecule has 0 aliphatic carbocycles. The Morgan fingerprint density at radius 3 is 2.48 bits per heavy atom. The summed E-state index contributed by atoms with van der Waals surface area (Å²) >= 11 is 6.63. The van der Waals surface area contributed by atoms with Gasteiger partial charge in [0.2, 0.25) is 0 Å². The molecule has 0 unspecified atom stereocenters. The summed E-state index contributed by atoms with van der Waals surface area (Å²) in [7, 11) is 0. The molecule has 3 amide bonds. The second-order valence-corrected chi connectivity index (χ2v) is 7.72. The summed E-state index contributed by atoms with van der Waals surface area (Å²) in [5.74, 6) is -1.29. The van der Waals surface area contributed by atoms with Crippen LogP contribution in [0.2, 0.25) is 5.02 Å². The van der Waals surface area contributed by atoms with Crippen LogP contribution in [0, 0.1) is 0 Å². The van der Waals surface area contributed by atoms with E-state index in [1.54, 1.807) is 6.07 Å². The number of benzene rings is 2. The second-order valence-electron chi connectivity index (χ2n) is 6.30. The van der Waals surface area contributed by atoms with Crippen molar-refractivity contribution in [2.45, 2.75) is 12.7 Å². The van der Waals surface area contributed by atoms with Crippen molar-refractivity contribution in [3.8, 4) is 0 Å². The minimum Gasteiger partial charge on any atom is -0.303 e. The van der Waals surface area contributed by atoms with E-state index in [4.69, 9.17) is 11.6 Å². The van der Waals surface area contributed by atoms with Crippen LogP contribution in [0.25, 0.3) is 5.57 Å². The minimum atomic E-state index is -4.51. The van der Waals surface area contributed by atoms with Crippen molar-refractivity contribution in [3.63, 3.8) is 0 Å². The molecule has 1 saturated heterocycles. The standard InChI is InChI=1S/C19H10ClF3N2O3S/c20-11-4-5-13-12(7-11)14(15-16(26)24-18(28)29-15)17(27)25(13)8-9-2-1-3-10(6-9)19(21,22)23/h1-7H,8H2,(H,24,26,28). The number of hydrogen-bond donors (Lipinski definition) is 1. The number of amides is 3. The van der Waals surface area contributed by atoms with E-state index in [9.17, 15) is 27.6 Å². The molecule has 2 aliphatic rings. The molecule has 2 aromatic carbocycles. The van der Waals surface area contributed by atoms with Crippen LogP contribution in [0.1, 0.15) is 16.7 Å². The molecule has 0 bridgehead atoms. The van der Waals surface area contributed by atoms with Crippen LogP contribution < -0.4 is 10.2 Å². The zero-order chi connectivity index (χ0) is 20.9. The molecule has 29 heavy (non-hydrogen) atoms. The van der Waals surface area contributed by atoms with E-state index in [-0.39, 0.29) is 22.6 Å². The Morgan fingerprint density at radius 1 is 1.07 bits per heavy atom. The third-order valence-electron chi connectivity index (χ3n) is 4.42. The molecule has 0 aromatic heterocycles. The maximum atomic E-state index is 13.1. The number of fused-ring (bicyclic) bond motifs is 1. The number of anilines is 1. The van der Waals surface area contributed by atoms with Crippen molar-refractivity contribution >= 4 is 51.7 Å². The number of carbonyl (C=O) groups excluding carboxylic acids is 3. The third-order valence-corrected chi connectivity index (χ3v) is 5.53. The van der Waals surface area contributed by atoms with Crippen LogP contribution in [-0.4, -0.2) is 17.1 Å². The molecule has 2 aromatic rings. The zero-order valence-corrected chi connectivity index (χ0v) is 15.9. The minimum absolute atomic E-state index is 0.00262. The number of thioether (sulfide) groups is 1. The Hall–Kier alpha value is -2.78. The number of nitrogens with zero attached hydrogens (tertiary/aromatic N) is 1. The molecule has 5 nitrogen and oxygen atoms in total. The average Bonchev–Trinajstić information content (AvgIpc) is 3.10. The molecule has 0 spiro atoms. The first kappa shape index (κ1) is 19.5. The van der Waals surface area contributed by atoms with Gasteiger partial charge in [0.25, 0.3) is 17.1 Å². The van der Waals surface area contributed by atoms with Gasteiger partial charge in [0, 0.05) is 10.6 Å². The van der Waals surface area contributed by atoms with Crippen molar-refractivity contribution in [2.24, 2.45) is 0 Å². The summed E-state index contributed by atoms with van der Waals surface area (Å²) in [4.78, 5) is 37.9. The molecule has 0 saturated carbocycles. The van der Waals surface area contributed by atoms with Crippen molar-refractivity contribution < 1.29 is 27.6 Å². The highest BCUT2D eigenvalue weighted by atomic mass is 35.5. The molecular formula is C19H10ClF3N2O3S. The van der Waals surface area contributed by atoms with Crippen LogP contribution in [0.15, 0.2) is 47.4 Å². The fraction of sp³-hybridized carbons (Fsp3) is 0.105. The topological polar surface area (TPSA) is 66.5 Å². The smallest absolute Gasteiger partial charge is 0.303 e. The lowest BCUT2D eigenvalue weighted by Gasteiger charge is -2.18. The predicted octanol–water partition coefficient (Wildman–Crippen LogP) is 4.60. The van der Waals surface area contributed by atoms with Crippen molar-refractivity contribution in [1.82, 2.24) is 5.32 Å². The number of alkyl halides is 3. The first-order valence-electron chi connectivity index (χ1n) is 8.20. The van der Waals surface area contributed by atoms with Crippen molar-refractivity contribution in [1.29, 1.82) is 0 Å². The largest absolute Gasteiger partial charge is 0.416 e. The number of rotatable bonds is 2. The normalized spacial score (nSPS) is 19.0. The lowest BCUT2D eigenvalue weighted by Crippen LogP contribution is -2.27. The molecule has 1 fully saturated rings. The molecule has 2 heterocycles. The van der Waals surface area contributed by atoms with Crippen LogP contribution in [0.3, 0.4) is 0 Å². The van der Waals surface area contributed by atoms with Gasteiger partial charge < -0.3 is 4.90 Å². The lowest BCUT2D eigenvalue weighted by molar-refractivity contribution is -0.137. The van der Waals surface area contributed by atoms with Crippen molar-refractivity contribution in [2.75, 3.05) is 4.90 Å². The highest BCUT2D eigenvalue weighted by molar-refractivity contribution is 8.18. The molecule has 2 aliphatic heterocycles. The first-order chi connectivity index (χ1) is 13.6. The van der Waals surface area contributed by atoms with Gasteiger partial charge in [0.15, 0.2) is 0 Å². The fourth-order valence-corrected chi connectivity index (χ4v) is 4.13. The molecule has 0 radical (unpaired) electrons. The molecule has 148 valence electrons. The van der Waals surface area contributed by atoms with E-state index in [0.29, 0.717) is 28.0 Å². The second kappa shape index (κ2) is 6.93. The molecule has 4 rings (SSSR count). The van der Waals surface area contributed by atoms with Gasteiger partial charge in [-0.05, 0) is 47.7 Å². The summed E-state index contributed by atoms with van der Waals surface area (Å²) in [5, 5.41) is 1.80. The van der Waals surface area contributed by atoms with E-state index in [2.05, 4.69) is 5.32 Å². The quantitative estimate of drug-likeness (QED) is 0.696. The lowest BCUT2D eigenvalue weighted by atomic mass is 10.1. The fourth-order valence-electron chi connectivity index (χ4n) is 3.19. The van der Waals surface area contributed by atoms with Crippen LogP contribution in [0.5, 0.6) is 0 Å². The third kappa shape index (κ3) is 3.51. The van der Waals surface area contributed by atoms with Gasteiger partial charge in [-0.25, -0.2) is 0 Å². The van der Waals surface area contributed by atoms with E-state index in [1.165, 1.54) is 29.2 Å². The Kier molecular flexibility index (Phi) is 4.66. The highest BCUT2D eigenvalue weighted by Crippen LogP contribution is 2.44. The molecule has 1 N–H and O–H groups in total. The Labute approximate surface area is 171 Å². The SMILES string of the molecule is O=C1NC(=O)C(=C2C(=O)N(Cc3cccc(C(F)(F)F)c3)c3ccc(Cl)cc32)S1. The maximum absolute atomic E-state index is 13.1. The predicted molar refractivity (Wildman–Crippen MR) is 102 cm³/mol. The van der Waals surface area contributed by atoms with E-state index < -0.39 is 28.8 Å². The number of hydrogen-bond acceptors (Lipinski definition) is 4. The number of imide groups is 1. The Morgan fingerprint density at radius 2 is 1.83 bits per heavy atom. The number of halogens is 4. The van der Waals surface area contributed by atoms with Crippen molar-refractivity contribution in [3.05, 3.63) is 69.1 Å². The summed E-state index contributed by atoms with van der Waals surface area (Å²) in [6.07, 6.45) is -4.51. The van der Waals surface area contributed by atoms with E-state index in [1.807, 2.05) is 0 Å².